The second-order valence-corrected chi connectivity index (χ2v) is 6.25. The Bertz CT molecular complexity index is 374. The van der Waals surface area contributed by atoms with Crippen LogP contribution >= 0.6 is 0 Å². The van der Waals surface area contributed by atoms with Gasteiger partial charge in [0.25, 0.3) is 0 Å². The van der Waals surface area contributed by atoms with Gasteiger partial charge in [-0.05, 0) is 32.8 Å². The van der Waals surface area contributed by atoms with Gasteiger partial charge in [-0.2, -0.15) is 0 Å². The Balaban J connectivity index is 2.72. The van der Waals surface area contributed by atoms with E-state index in [9.17, 15) is 4.79 Å². The van der Waals surface area contributed by atoms with Gasteiger partial charge in [0.1, 0.15) is 0 Å². The van der Waals surface area contributed by atoms with E-state index in [1.807, 2.05) is 52.8 Å². The highest BCUT2D eigenvalue weighted by Crippen LogP contribution is 2.23. The summed E-state index contributed by atoms with van der Waals surface area (Å²) in [5, 5.41) is 3.04. The Kier molecular flexibility index (Phi) is 3.97. The Labute approximate surface area is 104 Å². The first kappa shape index (κ1) is 13.8. The lowest BCUT2D eigenvalue weighted by atomic mass is 9.84. The molecule has 0 unspecified atom stereocenters. The molecule has 0 saturated carbocycles. The topological polar surface area (TPSA) is 29.1 Å². The molecule has 0 atom stereocenters. The van der Waals surface area contributed by atoms with Crippen molar-refractivity contribution in [2.45, 2.75) is 46.6 Å². The summed E-state index contributed by atoms with van der Waals surface area (Å²) >= 11 is 0. The minimum Gasteiger partial charge on any atom is -0.351 e. The molecule has 0 bridgehead atoms. The number of benzene rings is 1. The van der Waals surface area contributed by atoms with Crippen LogP contribution in [0.5, 0.6) is 0 Å². The number of amides is 1. The van der Waals surface area contributed by atoms with Crippen molar-refractivity contribution in [3.05, 3.63) is 35.9 Å². The Morgan fingerprint density at radius 2 is 1.59 bits per heavy atom. The number of carbonyl (C=O) groups is 1. The SMILES string of the molecule is CC(C)(C)NC(=O)C(C)(C)Cc1ccccc1. The lowest BCUT2D eigenvalue weighted by molar-refractivity contribution is -0.130. The average molecular weight is 233 g/mol. The molecule has 2 nitrogen and oxygen atoms in total. The van der Waals surface area contributed by atoms with Gasteiger partial charge in [0, 0.05) is 11.0 Å². The van der Waals surface area contributed by atoms with Crippen molar-refractivity contribution in [2.75, 3.05) is 0 Å². The van der Waals surface area contributed by atoms with E-state index in [-0.39, 0.29) is 16.9 Å². The van der Waals surface area contributed by atoms with Crippen LogP contribution in [-0.2, 0) is 11.2 Å². The van der Waals surface area contributed by atoms with Crippen molar-refractivity contribution in [3.63, 3.8) is 0 Å². The van der Waals surface area contributed by atoms with Crippen LogP contribution in [0.3, 0.4) is 0 Å². The molecule has 0 spiro atoms. The fraction of sp³-hybridized carbons (Fsp3) is 0.533. The van der Waals surface area contributed by atoms with Gasteiger partial charge in [-0.15, -0.1) is 0 Å². The molecule has 0 aromatic heterocycles. The molecule has 0 aliphatic carbocycles. The molecular weight excluding hydrogens is 210 g/mol. The molecule has 1 N–H and O–H groups in total. The minimum atomic E-state index is -0.380. The zero-order valence-corrected chi connectivity index (χ0v) is 11.5. The number of hydrogen-bond acceptors (Lipinski definition) is 1. The van der Waals surface area contributed by atoms with Gasteiger partial charge in [-0.3, -0.25) is 4.79 Å². The Morgan fingerprint density at radius 1 is 1.06 bits per heavy atom. The summed E-state index contributed by atoms with van der Waals surface area (Å²) < 4.78 is 0. The average Bonchev–Trinajstić information content (AvgIpc) is 2.15. The van der Waals surface area contributed by atoms with Gasteiger partial charge in [0.2, 0.25) is 5.91 Å². The van der Waals surface area contributed by atoms with Crippen LogP contribution in [0.15, 0.2) is 30.3 Å². The van der Waals surface area contributed by atoms with Gasteiger partial charge in [0.05, 0.1) is 0 Å². The van der Waals surface area contributed by atoms with Gasteiger partial charge in [0.15, 0.2) is 0 Å². The molecule has 0 saturated heterocycles. The summed E-state index contributed by atoms with van der Waals surface area (Å²) in [4.78, 5) is 12.2. The van der Waals surface area contributed by atoms with Crippen LogP contribution in [0.25, 0.3) is 0 Å². The molecule has 94 valence electrons. The maximum Gasteiger partial charge on any atom is 0.226 e. The van der Waals surface area contributed by atoms with E-state index in [2.05, 4.69) is 17.4 Å². The molecule has 1 amide bonds. The molecule has 17 heavy (non-hydrogen) atoms. The predicted octanol–water partition coefficient (Wildman–Crippen LogP) is 3.17. The summed E-state index contributed by atoms with van der Waals surface area (Å²) in [6.45, 7) is 9.98. The fourth-order valence-corrected chi connectivity index (χ4v) is 1.70. The van der Waals surface area contributed by atoms with Gasteiger partial charge >= 0.3 is 0 Å². The van der Waals surface area contributed by atoms with Crippen molar-refractivity contribution in [2.24, 2.45) is 5.41 Å². The number of rotatable bonds is 3. The second kappa shape index (κ2) is 4.91. The highest BCUT2D eigenvalue weighted by atomic mass is 16.2. The lowest BCUT2D eigenvalue weighted by Crippen LogP contribution is -2.47. The molecule has 2 heteroatoms. The quantitative estimate of drug-likeness (QED) is 0.853. The van der Waals surface area contributed by atoms with E-state index < -0.39 is 0 Å². The monoisotopic (exact) mass is 233 g/mol. The summed E-state index contributed by atoms with van der Waals surface area (Å²) in [6, 6.07) is 10.1. The van der Waals surface area contributed by atoms with Crippen LogP contribution < -0.4 is 5.32 Å². The Hall–Kier alpha value is -1.31. The number of nitrogens with one attached hydrogen (secondary N) is 1. The smallest absolute Gasteiger partial charge is 0.226 e. The minimum absolute atomic E-state index is 0.105. The zero-order valence-electron chi connectivity index (χ0n) is 11.5. The lowest BCUT2D eigenvalue weighted by Gasteiger charge is -2.29. The molecule has 0 fully saturated rings. The van der Waals surface area contributed by atoms with E-state index in [1.165, 1.54) is 5.56 Å². The van der Waals surface area contributed by atoms with Crippen LogP contribution in [-0.4, -0.2) is 11.4 Å². The van der Waals surface area contributed by atoms with Crippen LogP contribution in [0.2, 0.25) is 0 Å². The summed E-state index contributed by atoms with van der Waals surface area (Å²) in [7, 11) is 0. The highest BCUT2D eigenvalue weighted by molar-refractivity contribution is 5.82. The normalized spacial score (nSPS) is 12.3. The van der Waals surface area contributed by atoms with E-state index in [4.69, 9.17) is 0 Å². The summed E-state index contributed by atoms with van der Waals surface area (Å²) in [6.07, 6.45) is 0.760. The molecule has 0 heterocycles. The third-order valence-electron chi connectivity index (χ3n) is 2.59. The van der Waals surface area contributed by atoms with E-state index in [1.54, 1.807) is 0 Å². The van der Waals surface area contributed by atoms with Crippen molar-refractivity contribution in [1.82, 2.24) is 5.32 Å². The van der Waals surface area contributed by atoms with Crippen LogP contribution in [0.1, 0.15) is 40.2 Å². The van der Waals surface area contributed by atoms with E-state index >= 15 is 0 Å². The van der Waals surface area contributed by atoms with Crippen molar-refractivity contribution < 1.29 is 4.79 Å². The van der Waals surface area contributed by atoms with Gasteiger partial charge in [-0.1, -0.05) is 44.2 Å². The second-order valence-electron chi connectivity index (χ2n) is 6.25. The maximum atomic E-state index is 12.2. The van der Waals surface area contributed by atoms with Gasteiger partial charge < -0.3 is 5.32 Å². The first-order valence-corrected chi connectivity index (χ1v) is 6.07. The highest BCUT2D eigenvalue weighted by Gasteiger charge is 2.30. The van der Waals surface area contributed by atoms with Crippen molar-refractivity contribution in [1.29, 1.82) is 0 Å². The first-order chi connectivity index (χ1) is 7.71. The standard InChI is InChI=1S/C15H23NO/c1-14(2,3)16-13(17)15(4,5)11-12-9-7-6-8-10-12/h6-10H,11H2,1-5H3,(H,16,17). The third kappa shape index (κ3) is 4.59. The largest absolute Gasteiger partial charge is 0.351 e. The number of hydrogen-bond donors (Lipinski definition) is 1. The number of carbonyl (C=O) groups excluding carboxylic acids is 1. The third-order valence-corrected chi connectivity index (χ3v) is 2.59. The first-order valence-electron chi connectivity index (χ1n) is 6.07. The fourth-order valence-electron chi connectivity index (χ4n) is 1.70. The molecular formula is C15H23NO. The van der Waals surface area contributed by atoms with Crippen LogP contribution in [0.4, 0.5) is 0 Å². The van der Waals surface area contributed by atoms with Crippen LogP contribution in [0, 0.1) is 5.41 Å². The predicted molar refractivity (Wildman–Crippen MR) is 71.8 cm³/mol. The van der Waals surface area contributed by atoms with Crippen molar-refractivity contribution >= 4 is 5.91 Å². The molecule has 1 aromatic rings. The van der Waals surface area contributed by atoms with E-state index in [0.717, 1.165) is 6.42 Å². The molecule has 0 aliphatic rings. The molecule has 1 aromatic carbocycles. The summed E-state index contributed by atoms with van der Waals surface area (Å²) in [5.74, 6) is 0.105. The molecule has 1 rings (SSSR count). The zero-order chi connectivity index (χ0) is 13.1. The molecule has 0 radical (unpaired) electrons. The van der Waals surface area contributed by atoms with E-state index in [0.29, 0.717) is 0 Å². The maximum absolute atomic E-state index is 12.2. The Morgan fingerprint density at radius 3 is 2.06 bits per heavy atom. The van der Waals surface area contributed by atoms with Crippen molar-refractivity contribution in [3.8, 4) is 0 Å². The molecule has 0 aliphatic heterocycles. The van der Waals surface area contributed by atoms with Gasteiger partial charge in [-0.25, -0.2) is 0 Å². The summed E-state index contributed by atoms with van der Waals surface area (Å²) in [5.41, 5.74) is 0.640.